The highest BCUT2D eigenvalue weighted by Crippen LogP contribution is 2.29. The first-order valence-electron chi connectivity index (χ1n) is 7.69. The van der Waals surface area contributed by atoms with E-state index in [-0.39, 0.29) is 11.6 Å². The fraction of sp³-hybridized carbons (Fsp3) is 0.467. The van der Waals surface area contributed by atoms with E-state index in [0.717, 1.165) is 42.0 Å². The average molecular weight is 331 g/mol. The van der Waals surface area contributed by atoms with E-state index in [2.05, 4.69) is 20.0 Å². The second kappa shape index (κ2) is 5.86. The third kappa shape index (κ3) is 2.68. The van der Waals surface area contributed by atoms with E-state index in [4.69, 9.17) is 4.52 Å². The van der Waals surface area contributed by atoms with Crippen LogP contribution < -0.4 is 5.56 Å². The zero-order chi connectivity index (χ0) is 15.8. The van der Waals surface area contributed by atoms with E-state index in [1.165, 1.54) is 11.3 Å². The molecule has 120 valence electrons. The van der Waals surface area contributed by atoms with Crippen molar-refractivity contribution < 1.29 is 4.52 Å². The van der Waals surface area contributed by atoms with Gasteiger partial charge in [-0.3, -0.25) is 14.3 Å². The van der Waals surface area contributed by atoms with E-state index in [9.17, 15) is 4.79 Å². The molecule has 0 N–H and O–H groups in total. The van der Waals surface area contributed by atoms with Crippen LogP contribution in [-0.4, -0.2) is 37.7 Å². The molecule has 0 saturated carbocycles. The van der Waals surface area contributed by atoms with Crippen LogP contribution in [0, 0.1) is 6.92 Å². The monoisotopic (exact) mass is 331 g/mol. The lowest BCUT2D eigenvalue weighted by atomic mass is 10.2. The highest BCUT2D eigenvalue weighted by Gasteiger charge is 2.29. The van der Waals surface area contributed by atoms with E-state index in [0.29, 0.717) is 12.4 Å². The van der Waals surface area contributed by atoms with Crippen molar-refractivity contribution in [3.8, 4) is 0 Å². The normalized spacial score (nSPS) is 18.9. The van der Waals surface area contributed by atoms with Crippen molar-refractivity contribution in [3.05, 3.63) is 39.8 Å². The van der Waals surface area contributed by atoms with E-state index in [1.807, 2.05) is 11.4 Å². The van der Waals surface area contributed by atoms with E-state index in [1.54, 1.807) is 17.8 Å². The molecule has 4 rings (SSSR count). The first kappa shape index (κ1) is 14.5. The third-order valence-electron chi connectivity index (χ3n) is 4.27. The van der Waals surface area contributed by atoms with Gasteiger partial charge in [-0.2, -0.15) is 4.98 Å². The van der Waals surface area contributed by atoms with Gasteiger partial charge in [0.2, 0.25) is 5.89 Å². The molecule has 1 fully saturated rings. The molecule has 4 heterocycles. The van der Waals surface area contributed by atoms with Crippen molar-refractivity contribution in [2.24, 2.45) is 0 Å². The van der Waals surface area contributed by atoms with Crippen LogP contribution in [0.15, 0.2) is 27.1 Å². The molecular weight excluding hydrogens is 314 g/mol. The van der Waals surface area contributed by atoms with Gasteiger partial charge in [0.15, 0.2) is 5.82 Å². The maximum absolute atomic E-state index is 12.4. The number of fused-ring (bicyclic) bond motifs is 1. The molecule has 3 aromatic heterocycles. The van der Waals surface area contributed by atoms with Gasteiger partial charge in [-0.25, -0.2) is 4.98 Å². The van der Waals surface area contributed by atoms with Crippen LogP contribution in [-0.2, 0) is 6.54 Å². The predicted molar refractivity (Wildman–Crippen MR) is 86.5 cm³/mol. The number of rotatable bonds is 4. The van der Waals surface area contributed by atoms with Crippen LogP contribution in [0.2, 0.25) is 0 Å². The first-order chi connectivity index (χ1) is 11.2. The van der Waals surface area contributed by atoms with Gasteiger partial charge in [0, 0.05) is 20.0 Å². The Hall–Kier alpha value is -2.06. The summed E-state index contributed by atoms with van der Waals surface area (Å²) >= 11 is 1.44. The van der Waals surface area contributed by atoms with Gasteiger partial charge in [-0.05, 0) is 30.8 Å². The molecule has 3 aromatic rings. The summed E-state index contributed by atoms with van der Waals surface area (Å²) < 4.78 is 7.51. The standard InChI is InChI=1S/C15H17N5O2S/c1-10-17-14(18-22-10)12-3-2-5-19(12)6-7-20-9-16-11-4-8-23-13(11)15(20)21/h4,8-9,12H,2-3,5-7H2,1H3/t12-/m1/s1. The molecule has 0 bridgehead atoms. The summed E-state index contributed by atoms with van der Waals surface area (Å²) in [5, 5.41) is 5.95. The van der Waals surface area contributed by atoms with Gasteiger partial charge >= 0.3 is 0 Å². The minimum absolute atomic E-state index is 0.0381. The second-order valence-corrected chi connectivity index (χ2v) is 6.66. The van der Waals surface area contributed by atoms with Crippen molar-refractivity contribution in [1.29, 1.82) is 0 Å². The van der Waals surface area contributed by atoms with Crippen LogP contribution in [0.5, 0.6) is 0 Å². The predicted octanol–water partition coefficient (Wildman–Crippen LogP) is 1.99. The maximum atomic E-state index is 12.4. The SMILES string of the molecule is Cc1nc([C@H]2CCCN2CCn2cnc3ccsc3c2=O)no1. The lowest BCUT2D eigenvalue weighted by molar-refractivity contribution is 0.232. The minimum Gasteiger partial charge on any atom is -0.340 e. The largest absolute Gasteiger partial charge is 0.340 e. The van der Waals surface area contributed by atoms with E-state index < -0.39 is 0 Å². The van der Waals surface area contributed by atoms with Crippen molar-refractivity contribution in [1.82, 2.24) is 24.6 Å². The molecule has 0 spiro atoms. The van der Waals surface area contributed by atoms with Crippen molar-refractivity contribution in [2.75, 3.05) is 13.1 Å². The number of thiophene rings is 1. The molecular formula is C15H17N5O2S. The Morgan fingerprint density at radius 2 is 2.35 bits per heavy atom. The Bertz CT molecular complexity index is 883. The number of hydrogen-bond acceptors (Lipinski definition) is 7. The van der Waals surface area contributed by atoms with Gasteiger partial charge in [0.1, 0.15) is 4.70 Å². The molecule has 1 atom stereocenters. The van der Waals surface area contributed by atoms with Crippen LogP contribution in [0.25, 0.3) is 10.2 Å². The molecule has 0 radical (unpaired) electrons. The number of aromatic nitrogens is 4. The lowest BCUT2D eigenvalue weighted by Crippen LogP contribution is -2.31. The number of nitrogens with zero attached hydrogens (tertiary/aromatic N) is 5. The quantitative estimate of drug-likeness (QED) is 0.727. The summed E-state index contributed by atoms with van der Waals surface area (Å²) in [5.74, 6) is 1.34. The molecule has 7 nitrogen and oxygen atoms in total. The smallest absolute Gasteiger partial charge is 0.271 e. The topological polar surface area (TPSA) is 77.1 Å². The molecule has 0 aliphatic carbocycles. The van der Waals surface area contributed by atoms with Gasteiger partial charge < -0.3 is 4.52 Å². The summed E-state index contributed by atoms with van der Waals surface area (Å²) in [6.45, 7) is 4.18. The lowest BCUT2D eigenvalue weighted by Gasteiger charge is -2.21. The molecule has 0 amide bonds. The molecule has 1 aliphatic rings. The highest BCUT2D eigenvalue weighted by atomic mass is 32.1. The number of hydrogen-bond donors (Lipinski definition) is 0. The summed E-state index contributed by atoms with van der Waals surface area (Å²) in [6, 6.07) is 2.06. The minimum atomic E-state index is 0.0381. The molecule has 0 unspecified atom stereocenters. The van der Waals surface area contributed by atoms with Crippen LogP contribution in [0.3, 0.4) is 0 Å². The van der Waals surface area contributed by atoms with Gasteiger partial charge in [-0.1, -0.05) is 5.16 Å². The van der Waals surface area contributed by atoms with E-state index >= 15 is 0 Å². The summed E-state index contributed by atoms with van der Waals surface area (Å²) in [6.07, 6.45) is 3.77. The molecule has 1 aliphatic heterocycles. The van der Waals surface area contributed by atoms with Crippen molar-refractivity contribution in [3.63, 3.8) is 0 Å². The van der Waals surface area contributed by atoms with Crippen LogP contribution >= 0.6 is 11.3 Å². The van der Waals surface area contributed by atoms with Crippen LogP contribution in [0.4, 0.5) is 0 Å². The van der Waals surface area contributed by atoms with Crippen LogP contribution in [0.1, 0.15) is 30.6 Å². The maximum Gasteiger partial charge on any atom is 0.271 e. The summed E-state index contributed by atoms with van der Waals surface area (Å²) in [4.78, 5) is 23.4. The Labute approximate surface area is 136 Å². The van der Waals surface area contributed by atoms with Crippen molar-refractivity contribution in [2.45, 2.75) is 32.4 Å². The number of aryl methyl sites for hydroxylation is 1. The fourth-order valence-electron chi connectivity index (χ4n) is 3.11. The third-order valence-corrected chi connectivity index (χ3v) is 5.16. The summed E-state index contributed by atoms with van der Waals surface area (Å²) in [5.41, 5.74) is 0.814. The molecule has 1 saturated heterocycles. The number of likely N-dealkylation sites (tertiary alicyclic amines) is 1. The molecule has 8 heteroatoms. The Kier molecular flexibility index (Phi) is 3.70. The van der Waals surface area contributed by atoms with Gasteiger partial charge in [0.05, 0.1) is 17.9 Å². The van der Waals surface area contributed by atoms with Gasteiger partial charge in [-0.15, -0.1) is 11.3 Å². The Balaban J connectivity index is 1.51. The fourth-order valence-corrected chi connectivity index (χ4v) is 3.90. The first-order valence-corrected chi connectivity index (χ1v) is 8.57. The average Bonchev–Trinajstić information content (AvgIpc) is 3.25. The second-order valence-electron chi connectivity index (χ2n) is 5.74. The molecule has 23 heavy (non-hydrogen) atoms. The van der Waals surface area contributed by atoms with Gasteiger partial charge in [0.25, 0.3) is 5.56 Å². The van der Waals surface area contributed by atoms with Crippen molar-refractivity contribution >= 4 is 21.6 Å². The highest BCUT2D eigenvalue weighted by molar-refractivity contribution is 7.17. The zero-order valence-corrected chi connectivity index (χ0v) is 13.6. The summed E-state index contributed by atoms with van der Waals surface area (Å²) in [7, 11) is 0. The zero-order valence-electron chi connectivity index (χ0n) is 12.8. The molecule has 0 aromatic carbocycles. The Morgan fingerprint density at radius 1 is 1.43 bits per heavy atom. The Morgan fingerprint density at radius 3 is 3.17 bits per heavy atom.